The lowest BCUT2D eigenvalue weighted by Crippen LogP contribution is -2.31. The highest BCUT2D eigenvalue weighted by atomic mass is 19.1. The average molecular weight is 248 g/mol. The topological polar surface area (TPSA) is 44.1 Å². The van der Waals surface area contributed by atoms with Gasteiger partial charge in [-0.15, -0.1) is 0 Å². The number of nitrogens with zero attached hydrogens (tertiary/aromatic N) is 2. The number of likely N-dealkylation sites (N-methyl/N-ethyl adjacent to an activating group) is 1. The van der Waals surface area contributed by atoms with Crippen LogP contribution in [0.25, 0.3) is 0 Å². The highest BCUT2D eigenvalue weighted by molar-refractivity contribution is 5.82. The van der Waals surface area contributed by atoms with Gasteiger partial charge in [-0.05, 0) is 18.2 Å². The van der Waals surface area contributed by atoms with E-state index in [0.29, 0.717) is 25.1 Å². The molecule has 0 aliphatic heterocycles. The zero-order valence-electron chi connectivity index (χ0n) is 10.5. The molecule has 18 heavy (non-hydrogen) atoms. The first-order chi connectivity index (χ1) is 8.67. The predicted molar refractivity (Wildman–Crippen MR) is 67.5 cm³/mol. The largest absolute Gasteiger partial charge is 0.298 e. The number of carbonyl (C=O) groups is 1. The Hall–Kier alpha value is -1.73. The van der Waals surface area contributed by atoms with E-state index >= 15 is 0 Å². The summed E-state index contributed by atoms with van der Waals surface area (Å²) in [5.74, 6) is -0.370. The monoisotopic (exact) mass is 248 g/mol. The van der Waals surface area contributed by atoms with Gasteiger partial charge in [0.2, 0.25) is 0 Å². The maximum Gasteiger partial charge on any atom is 0.151 e. The number of rotatable bonds is 7. The molecule has 0 bridgehead atoms. The van der Waals surface area contributed by atoms with Crippen LogP contribution in [0.2, 0.25) is 0 Å². The van der Waals surface area contributed by atoms with E-state index in [2.05, 4.69) is 6.07 Å². The number of hydrogen-bond donors (Lipinski definition) is 0. The van der Waals surface area contributed by atoms with E-state index < -0.39 is 0 Å². The molecule has 0 aliphatic rings. The van der Waals surface area contributed by atoms with Crippen molar-refractivity contribution in [3.8, 4) is 6.07 Å². The molecule has 0 unspecified atom stereocenters. The van der Waals surface area contributed by atoms with Crippen LogP contribution in [-0.2, 0) is 11.2 Å². The van der Waals surface area contributed by atoms with Gasteiger partial charge in [-0.25, -0.2) is 4.39 Å². The SMILES string of the molecule is CCN(CCC#N)CC(=O)Cc1ccccc1F. The average Bonchev–Trinajstić information content (AvgIpc) is 2.37. The second-order valence-electron chi connectivity index (χ2n) is 4.08. The standard InChI is InChI=1S/C14H17FN2O/c1-2-17(9-5-8-16)11-13(18)10-12-6-3-4-7-14(12)15/h3-4,6-7H,2,5,9-11H2,1H3. The minimum absolute atomic E-state index is 0.0279. The quantitative estimate of drug-likeness (QED) is 0.742. The fraction of sp³-hybridized carbons (Fsp3) is 0.429. The number of nitriles is 1. The minimum Gasteiger partial charge on any atom is -0.298 e. The molecule has 4 heteroatoms. The van der Waals surface area contributed by atoms with Crippen LogP contribution in [0.15, 0.2) is 24.3 Å². The third kappa shape index (κ3) is 4.64. The molecule has 0 atom stereocenters. The molecular formula is C14H17FN2O. The molecule has 0 N–H and O–H groups in total. The Balaban J connectivity index is 2.51. The number of hydrogen-bond acceptors (Lipinski definition) is 3. The van der Waals surface area contributed by atoms with Crippen molar-refractivity contribution in [2.24, 2.45) is 0 Å². The van der Waals surface area contributed by atoms with Gasteiger partial charge in [-0.3, -0.25) is 9.69 Å². The second-order valence-corrected chi connectivity index (χ2v) is 4.08. The molecule has 1 rings (SSSR count). The maximum absolute atomic E-state index is 13.4. The summed E-state index contributed by atoms with van der Waals surface area (Å²) in [5.41, 5.74) is 0.429. The Morgan fingerprint density at radius 2 is 2.17 bits per heavy atom. The molecule has 0 aromatic heterocycles. The normalized spacial score (nSPS) is 10.3. The van der Waals surface area contributed by atoms with E-state index in [9.17, 15) is 9.18 Å². The van der Waals surface area contributed by atoms with Crippen LogP contribution in [0, 0.1) is 17.1 Å². The van der Waals surface area contributed by atoms with E-state index in [-0.39, 0.29) is 24.6 Å². The summed E-state index contributed by atoms with van der Waals surface area (Å²) in [5, 5.41) is 8.51. The lowest BCUT2D eigenvalue weighted by atomic mass is 10.1. The Kier molecular flexibility index (Phi) is 6.03. The molecule has 96 valence electrons. The van der Waals surface area contributed by atoms with Crippen molar-refractivity contribution in [3.63, 3.8) is 0 Å². The van der Waals surface area contributed by atoms with Gasteiger partial charge >= 0.3 is 0 Å². The van der Waals surface area contributed by atoms with E-state index in [0.717, 1.165) is 0 Å². The van der Waals surface area contributed by atoms with Crippen molar-refractivity contribution in [1.82, 2.24) is 4.90 Å². The lowest BCUT2D eigenvalue weighted by Gasteiger charge is -2.17. The Bertz CT molecular complexity index is 440. The summed E-state index contributed by atoms with van der Waals surface area (Å²) in [6.07, 6.45) is 0.510. The van der Waals surface area contributed by atoms with Gasteiger partial charge in [0.25, 0.3) is 0 Å². The van der Waals surface area contributed by atoms with Crippen LogP contribution >= 0.6 is 0 Å². The van der Waals surface area contributed by atoms with Gasteiger partial charge in [0, 0.05) is 19.4 Å². The number of ketones is 1. The van der Waals surface area contributed by atoms with Crippen molar-refractivity contribution < 1.29 is 9.18 Å². The van der Waals surface area contributed by atoms with Crippen LogP contribution in [0.3, 0.4) is 0 Å². The molecule has 0 spiro atoms. The number of carbonyl (C=O) groups excluding carboxylic acids is 1. The van der Waals surface area contributed by atoms with E-state index in [1.807, 2.05) is 11.8 Å². The molecule has 0 saturated heterocycles. The summed E-state index contributed by atoms with van der Waals surface area (Å²) in [7, 11) is 0. The Morgan fingerprint density at radius 3 is 2.78 bits per heavy atom. The van der Waals surface area contributed by atoms with Gasteiger partial charge in [0.05, 0.1) is 12.6 Å². The van der Waals surface area contributed by atoms with Crippen molar-refractivity contribution >= 4 is 5.78 Å². The molecular weight excluding hydrogens is 231 g/mol. The summed E-state index contributed by atoms with van der Waals surface area (Å²) >= 11 is 0. The highest BCUT2D eigenvalue weighted by Gasteiger charge is 2.11. The predicted octanol–water partition coefficient (Wildman–Crippen LogP) is 2.17. The number of Topliss-reactive ketones (excluding diaryl/α,β-unsaturated/α-hetero) is 1. The summed E-state index contributed by atoms with van der Waals surface area (Å²) < 4.78 is 13.4. The zero-order chi connectivity index (χ0) is 13.4. The molecule has 3 nitrogen and oxygen atoms in total. The van der Waals surface area contributed by atoms with Crippen LogP contribution in [0.5, 0.6) is 0 Å². The first kappa shape index (κ1) is 14.3. The van der Waals surface area contributed by atoms with Crippen LogP contribution in [0.4, 0.5) is 4.39 Å². The van der Waals surface area contributed by atoms with Gasteiger partial charge in [-0.2, -0.15) is 5.26 Å². The Labute approximate surface area is 107 Å². The minimum atomic E-state index is -0.342. The van der Waals surface area contributed by atoms with Crippen molar-refractivity contribution in [2.75, 3.05) is 19.6 Å². The fourth-order valence-corrected chi connectivity index (χ4v) is 1.72. The summed E-state index contributed by atoms with van der Waals surface area (Å²) in [6.45, 7) is 3.50. The molecule has 0 radical (unpaired) electrons. The first-order valence-electron chi connectivity index (χ1n) is 6.01. The smallest absolute Gasteiger partial charge is 0.151 e. The molecule has 0 fully saturated rings. The third-order valence-corrected chi connectivity index (χ3v) is 2.73. The summed E-state index contributed by atoms with van der Waals surface area (Å²) in [4.78, 5) is 13.7. The molecule has 0 amide bonds. The molecule has 0 aliphatic carbocycles. The second kappa shape index (κ2) is 7.57. The molecule has 0 saturated carbocycles. The first-order valence-corrected chi connectivity index (χ1v) is 6.01. The Morgan fingerprint density at radius 1 is 1.44 bits per heavy atom. The van der Waals surface area contributed by atoms with Gasteiger partial charge in [0.15, 0.2) is 5.78 Å². The van der Waals surface area contributed by atoms with Gasteiger partial charge in [0.1, 0.15) is 5.82 Å². The van der Waals surface area contributed by atoms with Crippen molar-refractivity contribution in [2.45, 2.75) is 19.8 Å². The number of halogens is 1. The van der Waals surface area contributed by atoms with Crippen LogP contribution in [-0.4, -0.2) is 30.3 Å². The van der Waals surface area contributed by atoms with Gasteiger partial charge in [-0.1, -0.05) is 25.1 Å². The highest BCUT2D eigenvalue weighted by Crippen LogP contribution is 2.07. The van der Waals surface area contributed by atoms with E-state index in [1.54, 1.807) is 18.2 Å². The van der Waals surface area contributed by atoms with Crippen LogP contribution < -0.4 is 0 Å². The van der Waals surface area contributed by atoms with Gasteiger partial charge < -0.3 is 0 Å². The summed E-state index contributed by atoms with van der Waals surface area (Å²) in [6, 6.07) is 8.36. The van der Waals surface area contributed by atoms with E-state index in [1.165, 1.54) is 6.07 Å². The van der Waals surface area contributed by atoms with Crippen LogP contribution in [0.1, 0.15) is 18.9 Å². The van der Waals surface area contributed by atoms with Crippen molar-refractivity contribution in [1.29, 1.82) is 5.26 Å². The maximum atomic E-state index is 13.4. The van der Waals surface area contributed by atoms with E-state index in [4.69, 9.17) is 5.26 Å². The zero-order valence-corrected chi connectivity index (χ0v) is 10.5. The van der Waals surface area contributed by atoms with Crippen molar-refractivity contribution in [3.05, 3.63) is 35.6 Å². The lowest BCUT2D eigenvalue weighted by molar-refractivity contribution is -0.119. The number of benzene rings is 1. The fourth-order valence-electron chi connectivity index (χ4n) is 1.72. The third-order valence-electron chi connectivity index (χ3n) is 2.73. The molecule has 1 aromatic rings. The molecule has 1 aromatic carbocycles. The molecule has 0 heterocycles.